The van der Waals surface area contributed by atoms with Crippen molar-refractivity contribution in [2.45, 2.75) is 26.3 Å². The maximum absolute atomic E-state index is 5.57. The molecule has 0 aliphatic rings. The molecule has 0 aliphatic carbocycles. The number of furan rings is 1. The molecule has 0 bridgehead atoms. The van der Waals surface area contributed by atoms with Crippen molar-refractivity contribution in [1.29, 1.82) is 0 Å². The van der Waals surface area contributed by atoms with Gasteiger partial charge in [-0.1, -0.05) is 13.3 Å². The van der Waals surface area contributed by atoms with Gasteiger partial charge in [0, 0.05) is 12.1 Å². The second kappa shape index (κ2) is 6.25. The predicted octanol–water partition coefficient (Wildman–Crippen LogP) is 2.74. The Balaban J connectivity index is 1.79. The zero-order valence-electron chi connectivity index (χ0n) is 11.8. The molecule has 7 heteroatoms. The molecule has 0 amide bonds. The number of nitrogens with zero attached hydrogens (tertiary/aromatic N) is 3. The molecule has 7 nitrogen and oxygen atoms in total. The number of hydrogen-bond donors (Lipinski definition) is 2. The highest BCUT2D eigenvalue weighted by atomic mass is 16.5. The van der Waals surface area contributed by atoms with Gasteiger partial charge in [-0.25, -0.2) is 4.98 Å². The SMILES string of the molecule is CCCCOc1nc(NCc2ccoc2)c2[nH]cnc2n1. The molecular formula is C14H17N5O2. The molecule has 3 aromatic heterocycles. The summed E-state index contributed by atoms with van der Waals surface area (Å²) >= 11 is 0. The van der Waals surface area contributed by atoms with Gasteiger partial charge in [-0.05, 0) is 12.5 Å². The van der Waals surface area contributed by atoms with Gasteiger partial charge in [0.25, 0.3) is 0 Å². The molecule has 0 spiro atoms. The van der Waals surface area contributed by atoms with Crippen LogP contribution in [0, 0.1) is 0 Å². The van der Waals surface area contributed by atoms with E-state index in [1.807, 2.05) is 6.07 Å². The van der Waals surface area contributed by atoms with Gasteiger partial charge >= 0.3 is 6.01 Å². The summed E-state index contributed by atoms with van der Waals surface area (Å²) in [6.45, 7) is 3.32. The zero-order valence-corrected chi connectivity index (χ0v) is 11.8. The van der Waals surface area contributed by atoms with Crippen LogP contribution in [0.3, 0.4) is 0 Å². The Labute approximate surface area is 121 Å². The van der Waals surface area contributed by atoms with Gasteiger partial charge in [-0.3, -0.25) is 0 Å². The van der Waals surface area contributed by atoms with Crippen LogP contribution in [0.5, 0.6) is 6.01 Å². The lowest BCUT2D eigenvalue weighted by atomic mass is 10.3. The van der Waals surface area contributed by atoms with Crippen molar-refractivity contribution in [3.05, 3.63) is 30.5 Å². The molecule has 3 rings (SSSR count). The first kappa shape index (κ1) is 13.4. The molecule has 0 fully saturated rings. The van der Waals surface area contributed by atoms with Crippen molar-refractivity contribution >= 4 is 17.0 Å². The van der Waals surface area contributed by atoms with Crippen LogP contribution < -0.4 is 10.1 Å². The number of H-pyrrole nitrogens is 1. The fourth-order valence-electron chi connectivity index (χ4n) is 1.89. The summed E-state index contributed by atoms with van der Waals surface area (Å²) in [5, 5.41) is 3.24. The third-order valence-corrected chi connectivity index (χ3v) is 3.03. The number of aromatic nitrogens is 4. The van der Waals surface area contributed by atoms with E-state index in [0.717, 1.165) is 23.9 Å². The molecule has 0 atom stereocenters. The van der Waals surface area contributed by atoms with E-state index < -0.39 is 0 Å². The van der Waals surface area contributed by atoms with Gasteiger partial charge in [0.15, 0.2) is 11.5 Å². The molecule has 0 aromatic carbocycles. The Morgan fingerprint density at radius 2 is 2.33 bits per heavy atom. The summed E-state index contributed by atoms with van der Waals surface area (Å²) in [7, 11) is 0. The van der Waals surface area contributed by atoms with E-state index in [-0.39, 0.29) is 0 Å². The molecule has 3 heterocycles. The quantitative estimate of drug-likeness (QED) is 0.649. The lowest BCUT2D eigenvalue weighted by Gasteiger charge is -2.08. The average Bonchev–Trinajstić information content (AvgIpc) is 3.16. The van der Waals surface area contributed by atoms with Crippen LogP contribution in [-0.4, -0.2) is 26.5 Å². The molecule has 0 aliphatic heterocycles. The van der Waals surface area contributed by atoms with Crippen LogP contribution in [0.4, 0.5) is 5.82 Å². The molecule has 0 radical (unpaired) electrons. The third kappa shape index (κ3) is 3.13. The minimum atomic E-state index is 0.345. The van der Waals surface area contributed by atoms with Crippen LogP contribution in [-0.2, 0) is 6.54 Å². The van der Waals surface area contributed by atoms with Gasteiger partial charge in [-0.15, -0.1) is 0 Å². The zero-order chi connectivity index (χ0) is 14.5. The van der Waals surface area contributed by atoms with Gasteiger partial charge in [0.1, 0.15) is 5.52 Å². The van der Waals surface area contributed by atoms with Crippen LogP contribution in [0.15, 0.2) is 29.3 Å². The number of ether oxygens (including phenoxy) is 1. The lowest BCUT2D eigenvalue weighted by Crippen LogP contribution is -2.06. The summed E-state index contributed by atoms with van der Waals surface area (Å²) in [6, 6.07) is 2.24. The van der Waals surface area contributed by atoms with Crippen molar-refractivity contribution < 1.29 is 9.15 Å². The Kier molecular flexibility index (Phi) is 3.99. The molecule has 2 N–H and O–H groups in total. The normalized spacial score (nSPS) is 10.9. The number of imidazole rings is 1. The molecule has 110 valence electrons. The maximum Gasteiger partial charge on any atom is 0.320 e. The number of fused-ring (bicyclic) bond motifs is 1. The fraction of sp³-hybridized carbons (Fsp3) is 0.357. The first-order chi connectivity index (χ1) is 10.4. The second-order valence-corrected chi connectivity index (χ2v) is 4.64. The van der Waals surface area contributed by atoms with E-state index >= 15 is 0 Å². The number of nitrogens with one attached hydrogen (secondary N) is 2. The standard InChI is InChI=1S/C14H17N5O2/c1-2-3-5-21-14-18-12(11-13(19-14)17-9-16-11)15-7-10-4-6-20-8-10/h4,6,8-9H,2-3,5,7H2,1H3,(H2,15,16,17,18,19). The highest BCUT2D eigenvalue weighted by Crippen LogP contribution is 2.20. The Hall–Kier alpha value is -2.57. The van der Waals surface area contributed by atoms with Crippen LogP contribution >= 0.6 is 0 Å². The van der Waals surface area contributed by atoms with E-state index in [0.29, 0.717) is 30.6 Å². The Bertz CT molecular complexity index is 693. The van der Waals surface area contributed by atoms with Crippen molar-refractivity contribution in [3.8, 4) is 6.01 Å². The van der Waals surface area contributed by atoms with Gasteiger partial charge < -0.3 is 19.5 Å². The molecule has 0 unspecified atom stereocenters. The van der Waals surface area contributed by atoms with Gasteiger partial charge in [-0.2, -0.15) is 9.97 Å². The monoisotopic (exact) mass is 287 g/mol. The maximum atomic E-state index is 5.57. The highest BCUT2D eigenvalue weighted by molar-refractivity contribution is 5.82. The van der Waals surface area contributed by atoms with E-state index in [1.165, 1.54) is 0 Å². The minimum absolute atomic E-state index is 0.345. The molecule has 21 heavy (non-hydrogen) atoms. The molecule has 3 aromatic rings. The predicted molar refractivity (Wildman–Crippen MR) is 78.1 cm³/mol. The number of hydrogen-bond acceptors (Lipinski definition) is 6. The first-order valence-electron chi connectivity index (χ1n) is 6.95. The first-order valence-corrected chi connectivity index (χ1v) is 6.95. The van der Waals surface area contributed by atoms with E-state index in [2.05, 4.69) is 32.2 Å². The lowest BCUT2D eigenvalue weighted by molar-refractivity contribution is 0.287. The Morgan fingerprint density at radius 3 is 3.14 bits per heavy atom. The highest BCUT2D eigenvalue weighted by Gasteiger charge is 2.10. The molecule has 0 saturated heterocycles. The smallest absolute Gasteiger partial charge is 0.320 e. The van der Waals surface area contributed by atoms with Crippen molar-refractivity contribution in [2.75, 3.05) is 11.9 Å². The second-order valence-electron chi connectivity index (χ2n) is 4.64. The number of aromatic amines is 1. The van der Waals surface area contributed by atoms with Crippen LogP contribution in [0.25, 0.3) is 11.2 Å². The average molecular weight is 287 g/mol. The van der Waals surface area contributed by atoms with Crippen molar-refractivity contribution in [1.82, 2.24) is 19.9 Å². The van der Waals surface area contributed by atoms with Gasteiger partial charge in [0.05, 0.1) is 25.5 Å². The number of unbranched alkanes of at least 4 members (excludes halogenated alkanes) is 1. The number of rotatable bonds is 7. The number of anilines is 1. The van der Waals surface area contributed by atoms with Gasteiger partial charge in [0.2, 0.25) is 0 Å². The summed E-state index contributed by atoms with van der Waals surface area (Å²) in [5.74, 6) is 0.671. The van der Waals surface area contributed by atoms with Crippen LogP contribution in [0.2, 0.25) is 0 Å². The topological polar surface area (TPSA) is 88.9 Å². The van der Waals surface area contributed by atoms with Crippen LogP contribution in [0.1, 0.15) is 25.3 Å². The largest absolute Gasteiger partial charge is 0.472 e. The summed E-state index contributed by atoms with van der Waals surface area (Å²) < 4.78 is 10.6. The third-order valence-electron chi connectivity index (χ3n) is 3.03. The minimum Gasteiger partial charge on any atom is -0.472 e. The summed E-state index contributed by atoms with van der Waals surface area (Å²) in [6.07, 6.45) is 6.97. The van der Waals surface area contributed by atoms with E-state index in [1.54, 1.807) is 18.9 Å². The van der Waals surface area contributed by atoms with Crippen molar-refractivity contribution in [2.24, 2.45) is 0 Å². The summed E-state index contributed by atoms with van der Waals surface area (Å²) in [5.41, 5.74) is 2.39. The Morgan fingerprint density at radius 1 is 1.38 bits per heavy atom. The van der Waals surface area contributed by atoms with E-state index in [9.17, 15) is 0 Å². The van der Waals surface area contributed by atoms with Crippen molar-refractivity contribution in [3.63, 3.8) is 0 Å². The molecule has 0 saturated carbocycles. The summed E-state index contributed by atoms with van der Waals surface area (Å²) in [4.78, 5) is 15.9. The fourth-order valence-corrected chi connectivity index (χ4v) is 1.89. The van der Waals surface area contributed by atoms with E-state index in [4.69, 9.17) is 9.15 Å². The molecular weight excluding hydrogens is 270 g/mol.